The highest BCUT2D eigenvalue weighted by Gasteiger charge is 2.70. The standard InChI is InChI=1S/C17H20FN6O7P/c1-9(2)29-15(25)26-8-28-32-27-5-10-12(31-32)17(18,6-19)16(3,30-10)11-4-21-14-13(20)22-7-23-24(11)14/h4,7,9-10,12H,5,8H2,1-3H3,(H2,20,22,23)/t10-,12-,16+,17-,32?/m1/s1. The Hall–Kier alpha value is -2.69. The van der Waals surface area contributed by atoms with Gasteiger partial charge in [0.1, 0.15) is 24.6 Å². The Bertz CT molecular complexity index is 1070. The summed E-state index contributed by atoms with van der Waals surface area (Å²) in [5.41, 5.74) is 1.64. The zero-order valence-electron chi connectivity index (χ0n) is 17.3. The maximum absolute atomic E-state index is 16.3. The molecule has 0 radical (unpaired) electrons. The molecule has 0 bridgehead atoms. The predicted molar refractivity (Wildman–Crippen MR) is 103 cm³/mol. The minimum atomic E-state index is -2.67. The summed E-state index contributed by atoms with van der Waals surface area (Å²) in [5, 5.41) is 13.9. The highest BCUT2D eigenvalue weighted by molar-refractivity contribution is 7.41. The number of imidazole rings is 1. The third-order valence-electron chi connectivity index (χ3n) is 5.00. The lowest BCUT2D eigenvalue weighted by Gasteiger charge is -2.33. The minimum absolute atomic E-state index is 0.0826. The van der Waals surface area contributed by atoms with Gasteiger partial charge < -0.3 is 29.0 Å². The Labute approximate surface area is 182 Å². The van der Waals surface area contributed by atoms with Crippen molar-refractivity contribution in [1.29, 1.82) is 5.26 Å². The van der Waals surface area contributed by atoms with Crippen LogP contribution >= 0.6 is 8.60 Å². The van der Waals surface area contributed by atoms with Crippen LogP contribution in [-0.4, -0.2) is 63.1 Å². The smallest absolute Gasteiger partial charge is 0.432 e. The van der Waals surface area contributed by atoms with Crippen molar-refractivity contribution in [2.75, 3.05) is 19.1 Å². The van der Waals surface area contributed by atoms with Crippen LogP contribution in [0.4, 0.5) is 15.0 Å². The van der Waals surface area contributed by atoms with Crippen molar-refractivity contribution in [3.8, 4) is 6.07 Å². The number of aromatic nitrogens is 4. The van der Waals surface area contributed by atoms with E-state index in [2.05, 4.69) is 15.1 Å². The average molecular weight is 470 g/mol. The Morgan fingerprint density at radius 3 is 3.03 bits per heavy atom. The number of nitrogens with two attached hydrogens (primary N) is 1. The van der Waals surface area contributed by atoms with Gasteiger partial charge in [0.15, 0.2) is 17.1 Å². The maximum Gasteiger partial charge on any atom is 0.510 e. The Kier molecular flexibility index (Phi) is 5.87. The van der Waals surface area contributed by atoms with Gasteiger partial charge in [-0.25, -0.2) is 23.7 Å². The van der Waals surface area contributed by atoms with Crippen molar-refractivity contribution in [3.05, 3.63) is 18.2 Å². The lowest BCUT2D eigenvalue weighted by Crippen LogP contribution is -2.50. The van der Waals surface area contributed by atoms with E-state index in [1.165, 1.54) is 24.0 Å². The summed E-state index contributed by atoms with van der Waals surface area (Å²) in [6.45, 7) is 4.05. The van der Waals surface area contributed by atoms with Crippen LogP contribution in [0.5, 0.6) is 0 Å². The van der Waals surface area contributed by atoms with E-state index < -0.39 is 45.0 Å². The van der Waals surface area contributed by atoms with Crippen LogP contribution in [-0.2, 0) is 33.4 Å². The molecule has 2 N–H and O–H groups in total. The van der Waals surface area contributed by atoms with Crippen molar-refractivity contribution in [2.24, 2.45) is 0 Å². The summed E-state index contributed by atoms with van der Waals surface area (Å²) in [5.74, 6) is 0.0826. The summed E-state index contributed by atoms with van der Waals surface area (Å²) in [6.07, 6.45) is -1.09. The van der Waals surface area contributed by atoms with Gasteiger partial charge in [0, 0.05) is 0 Å². The number of carbonyl (C=O) groups excluding carboxylic acids is 1. The van der Waals surface area contributed by atoms with E-state index >= 15 is 4.39 Å². The second-order valence-electron chi connectivity index (χ2n) is 7.39. The van der Waals surface area contributed by atoms with Crippen molar-refractivity contribution in [1.82, 2.24) is 19.6 Å². The molecule has 15 heteroatoms. The molecule has 4 rings (SSSR count). The largest absolute Gasteiger partial charge is 0.510 e. The lowest BCUT2D eigenvalue weighted by molar-refractivity contribution is -0.0937. The molecule has 2 fully saturated rings. The normalized spacial score (nSPS) is 31.9. The van der Waals surface area contributed by atoms with Gasteiger partial charge in [-0.05, 0) is 20.8 Å². The van der Waals surface area contributed by atoms with Crippen molar-refractivity contribution in [3.63, 3.8) is 0 Å². The molecule has 0 saturated carbocycles. The van der Waals surface area contributed by atoms with Crippen molar-refractivity contribution in [2.45, 2.75) is 50.4 Å². The number of hydrogen-bond acceptors (Lipinski definition) is 12. The first-order valence-corrected chi connectivity index (χ1v) is 10.6. The topological polar surface area (TPSA) is 165 Å². The fourth-order valence-corrected chi connectivity index (χ4v) is 4.56. The van der Waals surface area contributed by atoms with Crippen molar-refractivity contribution < 1.29 is 37.0 Å². The number of anilines is 1. The molecule has 2 aromatic heterocycles. The molecule has 4 heterocycles. The first kappa shape index (κ1) is 22.5. The van der Waals surface area contributed by atoms with Gasteiger partial charge in [-0.2, -0.15) is 10.4 Å². The first-order valence-electron chi connectivity index (χ1n) is 9.48. The number of hydrogen-bond donors (Lipinski definition) is 1. The van der Waals surface area contributed by atoms with E-state index in [4.69, 9.17) is 33.5 Å². The SMILES string of the molecule is CC(C)OC(=O)OCOP1OC[C@H]2O[C@@](C)(c3cnc4c(N)ncnn34)[C@@](F)(C#N)[C@@H]2O1. The number of nitriles is 1. The molecule has 32 heavy (non-hydrogen) atoms. The van der Waals surface area contributed by atoms with E-state index in [0.29, 0.717) is 0 Å². The molecular formula is C17H20FN6O7P. The van der Waals surface area contributed by atoms with E-state index in [1.807, 2.05) is 0 Å². The van der Waals surface area contributed by atoms with Gasteiger partial charge >= 0.3 is 14.8 Å². The number of fused-ring (bicyclic) bond motifs is 2. The van der Waals surface area contributed by atoms with Gasteiger partial charge in [-0.15, -0.1) is 0 Å². The number of ether oxygens (including phenoxy) is 3. The Balaban J connectivity index is 1.53. The van der Waals surface area contributed by atoms with Crippen LogP contribution < -0.4 is 5.73 Å². The number of nitrogens with zero attached hydrogens (tertiary/aromatic N) is 5. The predicted octanol–water partition coefficient (Wildman–Crippen LogP) is 1.73. The van der Waals surface area contributed by atoms with Crippen LogP contribution in [0.3, 0.4) is 0 Å². The van der Waals surface area contributed by atoms with Crippen LogP contribution in [0.1, 0.15) is 26.5 Å². The molecule has 2 aliphatic heterocycles. The minimum Gasteiger partial charge on any atom is -0.432 e. The molecule has 5 atom stereocenters. The van der Waals surface area contributed by atoms with E-state index in [1.54, 1.807) is 19.9 Å². The number of halogens is 1. The molecule has 2 aromatic rings. The second kappa shape index (κ2) is 8.34. The van der Waals surface area contributed by atoms with Gasteiger partial charge in [0.05, 0.1) is 24.6 Å². The monoisotopic (exact) mass is 470 g/mol. The summed E-state index contributed by atoms with van der Waals surface area (Å²) in [7, 11) is -2.13. The molecule has 0 aromatic carbocycles. The third-order valence-corrected chi connectivity index (χ3v) is 6.08. The highest BCUT2D eigenvalue weighted by Crippen LogP contribution is 2.57. The molecule has 0 spiro atoms. The van der Waals surface area contributed by atoms with Gasteiger partial charge in [0.2, 0.25) is 6.79 Å². The maximum atomic E-state index is 16.3. The fraction of sp³-hybridized carbons (Fsp3) is 0.588. The molecule has 0 amide bonds. The Morgan fingerprint density at radius 2 is 2.31 bits per heavy atom. The molecular weight excluding hydrogens is 450 g/mol. The van der Waals surface area contributed by atoms with Crippen molar-refractivity contribution >= 4 is 26.2 Å². The number of nitrogen functional groups attached to an aromatic ring is 1. The van der Waals surface area contributed by atoms with Crippen LogP contribution in [0.15, 0.2) is 12.5 Å². The average Bonchev–Trinajstić information content (AvgIpc) is 3.27. The van der Waals surface area contributed by atoms with Crippen LogP contribution in [0.25, 0.3) is 5.65 Å². The summed E-state index contributed by atoms with van der Waals surface area (Å²) in [6, 6.07) is 1.68. The Morgan fingerprint density at radius 1 is 1.53 bits per heavy atom. The van der Waals surface area contributed by atoms with E-state index in [9.17, 15) is 10.1 Å². The zero-order chi connectivity index (χ0) is 23.1. The van der Waals surface area contributed by atoms with Gasteiger partial charge in [-0.3, -0.25) is 4.52 Å². The quantitative estimate of drug-likeness (QED) is 0.383. The molecule has 1 unspecified atom stereocenters. The number of alkyl halides is 1. The van der Waals surface area contributed by atoms with Crippen LogP contribution in [0.2, 0.25) is 0 Å². The third kappa shape index (κ3) is 3.62. The molecule has 2 saturated heterocycles. The number of carbonyl (C=O) groups is 1. The highest BCUT2D eigenvalue weighted by atomic mass is 31.2. The first-order chi connectivity index (χ1) is 15.2. The summed E-state index contributed by atoms with van der Waals surface area (Å²) >= 11 is 0. The zero-order valence-corrected chi connectivity index (χ0v) is 18.2. The molecule has 0 aliphatic carbocycles. The molecule has 13 nitrogen and oxygen atoms in total. The summed E-state index contributed by atoms with van der Waals surface area (Å²) in [4.78, 5) is 19.4. The fourth-order valence-electron chi connectivity index (χ4n) is 3.49. The summed E-state index contributed by atoms with van der Waals surface area (Å²) < 4.78 is 49.3. The number of rotatable bonds is 5. The van der Waals surface area contributed by atoms with Crippen LogP contribution in [0, 0.1) is 11.3 Å². The van der Waals surface area contributed by atoms with Gasteiger partial charge in [-0.1, -0.05) is 0 Å². The second-order valence-corrected chi connectivity index (χ2v) is 8.56. The van der Waals surface area contributed by atoms with E-state index in [0.717, 1.165) is 0 Å². The van der Waals surface area contributed by atoms with E-state index in [-0.39, 0.29) is 29.9 Å². The lowest BCUT2D eigenvalue weighted by atomic mass is 9.82. The molecule has 172 valence electrons. The molecule has 2 aliphatic rings. The van der Waals surface area contributed by atoms with Gasteiger partial charge in [0.25, 0.3) is 5.67 Å².